The third-order valence-corrected chi connectivity index (χ3v) is 3.33. The van der Waals surface area contributed by atoms with E-state index in [0.29, 0.717) is 16.9 Å². The lowest BCUT2D eigenvalue weighted by molar-refractivity contribution is 0.262. The minimum Gasteiger partial charge on any atom is -0.308 e. The standard InChI is InChI=1S/C15H12BrN3O/c1-10-2-7-13(16)14(8-10)19-15(20)18-12-5-3-11(9-17)4-6-12/h2-8H,1H3,(H2,18,19,20). The highest BCUT2D eigenvalue weighted by molar-refractivity contribution is 9.10. The van der Waals surface area contributed by atoms with Crippen molar-refractivity contribution in [3.8, 4) is 6.07 Å². The van der Waals surface area contributed by atoms with Crippen LogP contribution in [0.5, 0.6) is 0 Å². The predicted octanol–water partition coefficient (Wildman–Crippen LogP) is 4.27. The second-order valence-corrected chi connectivity index (χ2v) is 5.11. The van der Waals surface area contributed by atoms with Crippen LogP contribution >= 0.6 is 15.9 Å². The van der Waals surface area contributed by atoms with Crippen LogP contribution in [0, 0.1) is 18.3 Å². The molecule has 20 heavy (non-hydrogen) atoms. The number of anilines is 2. The molecule has 0 bridgehead atoms. The highest BCUT2D eigenvalue weighted by atomic mass is 79.9. The summed E-state index contributed by atoms with van der Waals surface area (Å²) in [5, 5.41) is 14.2. The molecule has 4 nitrogen and oxygen atoms in total. The summed E-state index contributed by atoms with van der Waals surface area (Å²) in [5.74, 6) is 0. The zero-order chi connectivity index (χ0) is 14.5. The Morgan fingerprint density at radius 1 is 1.15 bits per heavy atom. The van der Waals surface area contributed by atoms with E-state index in [-0.39, 0.29) is 6.03 Å². The molecular weight excluding hydrogens is 318 g/mol. The minimum absolute atomic E-state index is 0.332. The number of nitriles is 1. The van der Waals surface area contributed by atoms with Crippen LogP contribution in [0.3, 0.4) is 0 Å². The van der Waals surface area contributed by atoms with Crippen molar-refractivity contribution >= 4 is 33.3 Å². The van der Waals surface area contributed by atoms with Crippen LogP contribution in [0.4, 0.5) is 16.2 Å². The molecule has 2 aromatic rings. The molecule has 2 rings (SSSR count). The van der Waals surface area contributed by atoms with Crippen molar-refractivity contribution in [2.45, 2.75) is 6.92 Å². The zero-order valence-corrected chi connectivity index (χ0v) is 12.4. The second-order valence-electron chi connectivity index (χ2n) is 4.25. The summed E-state index contributed by atoms with van der Waals surface area (Å²) < 4.78 is 0.818. The normalized spacial score (nSPS) is 9.65. The van der Waals surface area contributed by atoms with Gasteiger partial charge in [0.25, 0.3) is 0 Å². The summed E-state index contributed by atoms with van der Waals surface area (Å²) in [6.07, 6.45) is 0. The van der Waals surface area contributed by atoms with Gasteiger partial charge >= 0.3 is 6.03 Å². The van der Waals surface area contributed by atoms with Gasteiger partial charge in [0, 0.05) is 10.2 Å². The van der Waals surface area contributed by atoms with Gasteiger partial charge in [-0.3, -0.25) is 0 Å². The number of amides is 2. The number of carbonyl (C=O) groups excluding carboxylic acids is 1. The Morgan fingerprint density at radius 3 is 2.50 bits per heavy atom. The molecule has 0 saturated heterocycles. The summed E-state index contributed by atoms with van der Waals surface area (Å²) in [7, 11) is 0. The van der Waals surface area contributed by atoms with E-state index in [9.17, 15) is 4.79 Å². The van der Waals surface area contributed by atoms with Gasteiger partial charge in [0.05, 0.1) is 17.3 Å². The maximum Gasteiger partial charge on any atom is 0.323 e. The van der Waals surface area contributed by atoms with Crippen molar-refractivity contribution in [3.05, 3.63) is 58.1 Å². The smallest absolute Gasteiger partial charge is 0.308 e. The molecule has 2 amide bonds. The van der Waals surface area contributed by atoms with Crippen LogP contribution < -0.4 is 10.6 Å². The first-order valence-corrected chi connectivity index (χ1v) is 6.72. The van der Waals surface area contributed by atoms with Gasteiger partial charge in [-0.1, -0.05) is 6.07 Å². The molecule has 2 aromatic carbocycles. The molecule has 0 saturated carbocycles. The van der Waals surface area contributed by atoms with E-state index >= 15 is 0 Å². The van der Waals surface area contributed by atoms with Crippen molar-refractivity contribution < 1.29 is 4.79 Å². The van der Waals surface area contributed by atoms with Gasteiger partial charge in [0.2, 0.25) is 0 Å². The van der Waals surface area contributed by atoms with Crippen LogP contribution in [0.1, 0.15) is 11.1 Å². The van der Waals surface area contributed by atoms with E-state index in [2.05, 4.69) is 26.6 Å². The summed E-state index contributed by atoms with van der Waals surface area (Å²) in [4.78, 5) is 11.9. The third kappa shape index (κ3) is 3.59. The Kier molecular flexibility index (Phi) is 4.38. The van der Waals surface area contributed by atoms with Crippen LogP contribution in [0.2, 0.25) is 0 Å². The number of carbonyl (C=O) groups is 1. The molecule has 0 unspecified atom stereocenters. The molecule has 0 fully saturated rings. The lowest BCUT2D eigenvalue weighted by Gasteiger charge is -2.10. The maximum atomic E-state index is 11.9. The predicted molar refractivity (Wildman–Crippen MR) is 82.7 cm³/mol. The number of hydrogen-bond acceptors (Lipinski definition) is 2. The molecule has 0 heterocycles. The molecule has 0 atom stereocenters. The second kappa shape index (κ2) is 6.22. The third-order valence-electron chi connectivity index (χ3n) is 2.64. The van der Waals surface area contributed by atoms with Gasteiger partial charge in [0.15, 0.2) is 0 Å². The summed E-state index contributed by atoms with van der Waals surface area (Å²) in [6, 6.07) is 14.1. The quantitative estimate of drug-likeness (QED) is 0.863. The van der Waals surface area contributed by atoms with Gasteiger partial charge in [-0.2, -0.15) is 5.26 Å². The number of nitrogens with zero attached hydrogens (tertiary/aromatic N) is 1. The first-order chi connectivity index (χ1) is 9.58. The molecule has 0 radical (unpaired) electrons. The topological polar surface area (TPSA) is 64.9 Å². The summed E-state index contributed by atoms with van der Waals surface area (Å²) >= 11 is 3.38. The number of rotatable bonds is 2. The highest BCUT2D eigenvalue weighted by Crippen LogP contribution is 2.23. The Morgan fingerprint density at radius 2 is 1.85 bits per heavy atom. The number of benzene rings is 2. The van der Waals surface area contributed by atoms with Gasteiger partial charge < -0.3 is 10.6 Å². The average molecular weight is 330 g/mol. The van der Waals surface area contributed by atoms with E-state index in [1.54, 1.807) is 24.3 Å². The van der Waals surface area contributed by atoms with E-state index < -0.39 is 0 Å². The number of hydrogen-bond donors (Lipinski definition) is 2. The van der Waals surface area contributed by atoms with Gasteiger partial charge in [-0.15, -0.1) is 0 Å². The van der Waals surface area contributed by atoms with Crippen molar-refractivity contribution in [1.29, 1.82) is 5.26 Å². The van der Waals surface area contributed by atoms with E-state index in [0.717, 1.165) is 10.0 Å². The molecule has 0 aliphatic heterocycles. The fourth-order valence-electron chi connectivity index (χ4n) is 1.65. The van der Waals surface area contributed by atoms with Crippen molar-refractivity contribution in [1.82, 2.24) is 0 Å². The highest BCUT2D eigenvalue weighted by Gasteiger charge is 2.06. The molecular formula is C15H12BrN3O. The van der Waals surface area contributed by atoms with Crippen molar-refractivity contribution in [3.63, 3.8) is 0 Å². The van der Waals surface area contributed by atoms with Gasteiger partial charge in [-0.25, -0.2) is 4.79 Å². The largest absolute Gasteiger partial charge is 0.323 e. The lowest BCUT2D eigenvalue weighted by atomic mass is 10.2. The summed E-state index contributed by atoms with van der Waals surface area (Å²) in [6.45, 7) is 1.95. The molecule has 100 valence electrons. The van der Waals surface area contributed by atoms with Gasteiger partial charge in [-0.05, 0) is 64.8 Å². The number of aryl methyl sites for hydroxylation is 1. The van der Waals surface area contributed by atoms with Crippen molar-refractivity contribution in [2.24, 2.45) is 0 Å². The molecule has 0 aliphatic rings. The molecule has 0 aromatic heterocycles. The SMILES string of the molecule is Cc1ccc(Br)c(NC(=O)Nc2ccc(C#N)cc2)c1. The van der Waals surface area contributed by atoms with E-state index in [1.165, 1.54) is 0 Å². The Labute approximate surface area is 125 Å². The maximum absolute atomic E-state index is 11.9. The Balaban J connectivity index is 2.05. The first kappa shape index (κ1) is 14.1. The molecule has 2 N–H and O–H groups in total. The monoisotopic (exact) mass is 329 g/mol. The zero-order valence-electron chi connectivity index (χ0n) is 10.8. The van der Waals surface area contributed by atoms with Crippen LogP contribution in [-0.4, -0.2) is 6.03 Å². The number of urea groups is 1. The fraction of sp³-hybridized carbons (Fsp3) is 0.0667. The Hall–Kier alpha value is -2.32. The molecule has 5 heteroatoms. The van der Waals surface area contributed by atoms with E-state index in [1.807, 2.05) is 31.2 Å². The van der Waals surface area contributed by atoms with E-state index in [4.69, 9.17) is 5.26 Å². The minimum atomic E-state index is -0.332. The molecule has 0 aliphatic carbocycles. The van der Waals surface area contributed by atoms with Gasteiger partial charge in [0.1, 0.15) is 0 Å². The van der Waals surface area contributed by atoms with Crippen LogP contribution in [0.15, 0.2) is 46.9 Å². The number of nitrogens with one attached hydrogen (secondary N) is 2. The summed E-state index contributed by atoms with van der Waals surface area (Å²) in [5.41, 5.74) is 2.95. The Bertz CT molecular complexity index is 675. The lowest BCUT2D eigenvalue weighted by Crippen LogP contribution is -2.19. The van der Waals surface area contributed by atoms with Crippen LogP contribution in [-0.2, 0) is 0 Å². The average Bonchev–Trinajstić information content (AvgIpc) is 2.43. The van der Waals surface area contributed by atoms with Crippen LogP contribution in [0.25, 0.3) is 0 Å². The number of halogens is 1. The molecule has 0 spiro atoms. The first-order valence-electron chi connectivity index (χ1n) is 5.93. The van der Waals surface area contributed by atoms with Crippen molar-refractivity contribution in [2.75, 3.05) is 10.6 Å². The fourth-order valence-corrected chi connectivity index (χ4v) is 1.99.